The Kier molecular flexibility index (Phi) is 4.40. The van der Waals surface area contributed by atoms with E-state index in [1.54, 1.807) is 0 Å². The van der Waals surface area contributed by atoms with Gasteiger partial charge < -0.3 is 10.6 Å². The van der Waals surface area contributed by atoms with Crippen LogP contribution < -0.4 is 10.6 Å². The highest BCUT2D eigenvalue weighted by atomic mass is 15.0. The molecular formula is C20H25N3. The fourth-order valence-electron chi connectivity index (χ4n) is 3.49. The van der Waals surface area contributed by atoms with Gasteiger partial charge in [-0.05, 0) is 54.9 Å². The van der Waals surface area contributed by atoms with E-state index >= 15 is 0 Å². The van der Waals surface area contributed by atoms with Crippen LogP contribution in [-0.4, -0.2) is 11.0 Å². The van der Waals surface area contributed by atoms with Gasteiger partial charge in [0.05, 0.1) is 11.7 Å². The van der Waals surface area contributed by atoms with E-state index in [1.165, 1.54) is 54.5 Å². The van der Waals surface area contributed by atoms with E-state index in [1.807, 2.05) is 6.20 Å². The molecule has 2 aliphatic rings. The molecule has 0 bridgehead atoms. The first kappa shape index (κ1) is 14.9. The van der Waals surface area contributed by atoms with E-state index < -0.39 is 0 Å². The average Bonchev–Trinajstić information content (AvgIpc) is 3.43. The molecule has 2 N–H and O–H groups in total. The van der Waals surface area contributed by atoms with Crippen LogP contribution in [0.3, 0.4) is 0 Å². The van der Waals surface area contributed by atoms with Crippen LogP contribution in [0.2, 0.25) is 0 Å². The number of fused-ring (bicyclic) bond motifs is 1. The Bertz CT molecular complexity index is 663. The monoisotopic (exact) mass is 307 g/mol. The molecular weight excluding hydrogens is 282 g/mol. The zero-order chi connectivity index (χ0) is 15.5. The van der Waals surface area contributed by atoms with Crippen LogP contribution in [0.15, 0.2) is 42.6 Å². The summed E-state index contributed by atoms with van der Waals surface area (Å²) in [5.41, 5.74) is 5.50. The van der Waals surface area contributed by atoms with Crippen molar-refractivity contribution in [1.82, 2.24) is 15.6 Å². The van der Waals surface area contributed by atoms with Crippen LogP contribution in [0.5, 0.6) is 0 Å². The third-order valence-electron chi connectivity index (χ3n) is 5.01. The van der Waals surface area contributed by atoms with E-state index in [4.69, 9.17) is 0 Å². The number of nitrogens with zero attached hydrogens (tertiary/aromatic N) is 1. The Hall–Kier alpha value is -1.71. The topological polar surface area (TPSA) is 37.0 Å². The van der Waals surface area contributed by atoms with Crippen LogP contribution in [0.1, 0.15) is 54.1 Å². The predicted octanol–water partition coefficient (Wildman–Crippen LogP) is 3.50. The minimum atomic E-state index is 0.393. The summed E-state index contributed by atoms with van der Waals surface area (Å²) in [4.78, 5) is 4.63. The Morgan fingerprint density at radius 3 is 2.48 bits per heavy atom. The number of hydrogen-bond acceptors (Lipinski definition) is 3. The van der Waals surface area contributed by atoms with E-state index in [2.05, 4.69) is 52.0 Å². The minimum absolute atomic E-state index is 0.393. The number of pyridine rings is 1. The molecule has 4 rings (SSSR count). The summed E-state index contributed by atoms with van der Waals surface area (Å²) >= 11 is 0. The van der Waals surface area contributed by atoms with E-state index in [-0.39, 0.29) is 0 Å². The molecule has 23 heavy (non-hydrogen) atoms. The lowest BCUT2D eigenvalue weighted by atomic mass is 9.91. The SMILES string of the molecule is c1ccc(CNC2CCCc3cccnc32)c(CNC2CC2)c1. The van der Waals surface area contributed by atoms with Crippen LogP contribution in [0.4, 0.5) is 0 Å². The molecule has 2 aromatic rings. The molecule has 0 aliphatic heterocycles. The van der Waals surface area contributed by atoms with Crippen LogP contribution in [-0.2, 0) is 19.5 Å². The van der Waals surface area contributed by atoms with Crippen molar-refractivity contribution in [3.8, 4) is 0 Å². The van der Waals surface area contributed by atoms with Gasteiger partial charge in [0.15, 0.2) is 0 Å². The van der Waals surface area contributed by atoms with E-state index in [0.29, 0.717) is 6.04 Å². The van der Waals surface area contributed by atoms with Gasteiger partial charge in [0.25, 0.3) is 0 Å². The van der Waals surface area contributed by atoms with Crippen molar-refractivity contribution in [2.45, 2.75) is 57.3 Å². The fraction of sp³-hybridized carbons (Fsp3) is 0.450. The minimum Gasteiger partial charge on any atom is -0.310 e. The molecule has 1 unspecified atom stereocenters. The molecule has 1 aromatic heterocycles. The molecule has 2 aliphatic carbocycles. The van der Waals surface area contributed by atoms with Gasteiger partial charge in [0.1, 0.15) is 0 Å². The Morgan fingerprint density at radius 1 is 0.913 bits per heavy atom. The van der Waals surface area contributed by atoms with Crippen molar-refractivity contribution >= 4 is 0 Å². The average molecular weight is 307 g/mol. The molecule has 0 saturated heterocycles. The quantitative estimate of drug-likeness (QED) is 0.857. The van der Waals surface area contributed by atoms with Crippen molar-refractivity contribution < 1.29 is 0 Å². The Labute approximate surface area is 138 Å². The molecule has 1 saturated carbocycles. The number of rotatable bonds is 6. The second-order valence-corrected chi connectivity index (χ2v) is 6.80. The summed E-state index contributed by atoms with van der Waals surface area (Å²) in [6.07, 6.45) is 8.21. The van der Waals surface area contributed by atoms with Crippen LogP contribution in [0.25, 0.3) is 0 Å². The van der Waals surface area contributed by atoms with Gasteiger partial charge in [-0.1, -0.05) is 30.3 Å². The third kappa shape index (κ3) is 3.62. The van der Waals surface area contributed by atoms with Gasteiger partial charge in [0.2, 0.25) is 0 Å². The van der Waals surface area contributed by atoms with E-state index in [0.717, 1.165) is 19.1 Å². The molecule has 0 amide bonds. The zero-order valence-corrected chi connectivity index (χ0v) is 13.6. The maximum atomic E-state index is 4.63. The lowest BCUT2D eigenvalue weighted by Crippen LogP contribution is -2.26. The first-order valence-corrected chi connectivity index (χ1v) is 8.87. The molecule has 3 heteroatoms. The van der Waals surface area contributed by atoms with Gasteiger partial charge in [-0.2, -0.15) is 0 Å². The second kappa shape index (κ2) is 6.81. The highest BCUT2D eigenvalue weighted by Crippen LogP contribution is 2.28. The largest absolute Gasteiger partial charge is 0.310 e. The first-order chi connectivity index (χ1) is 11.4. The molecule has 120 valence electrons. The van der Waals surface area contributed by atoms with Crippen molar-refractivity contribution in [3.63, 3.8) is 0 Å². The highest BCUT2D eigenvalue weighted by molar-refractivity contribution is 5.29. The third-order valence-corrected chi connectivity index (χ3v) is 5.01. The summed E-state index contributed by atoms with van der Waals surface area (Å²) < 4.78 is 0. The fourth-order valence-corrected chi connectivity index (χ4v) is 3.49. The number of benzene rings is 1. The number of aryl methyl sites for hydroxylation is 1. The summed E-state index contributed by atoms with van der Waals surface area (Å²) in [6.45, 7) is 1.91. The summed E-state index contributed by atoms with van der Waals surface area (Å²) in [5, 5.41) is 7.37. The van der Waals surface area contributed by atoms with Gasteiger partial charge in [-0.25, -0.2) is 0 Å². The van der Waals surface area contributed by atoms with Crippen molar-refractivity contribution in [2.75, 3.05) is 0 Å². The molecule has 1 aromatic carbocycles. The zero-order valence-electron chi connectivity index (χ0n) is 13.6. The van der Waals surface area contributed by atoms with E-state index in [9.17, 15) is 0 Å². The van der Waals surface area contributed by atoms with Gasteiger partial charge in [-0.15, -0.1) is 0 Å². The Morgan fingerprint density at radius 2 is 1.70 bits per heavy atom. The molecule has 0 radical (unpaired) electrons. The smallest absolute Gasteiger partial charge is 0.0605 e. The van der Waals surface area contributed by atoms with Crippen molar-refractivity contribution in [3.05, 3.63) is 65.0 Å². The van der Waals surface area contributed by atoms with Crippen LogP contribution >= 0.6 is 0 Å². The lowest BCUT2D eigenvalue weighted by Gasteiger charge is -2.25. The standard InChI is InChI=1S/C20H25N3/c1-2-6-17(16(5-1)13-22-18-10-11-18)14-23-19-9-3-7-15-8-4-12-21-20(15)19/h1-2,4-6,8,12,18-19,22-23H,3,7,9-11,13-14H2. The first-order valence-electron chi connectivity index (χ1n) is 8.87. The maximum absolute atomic E-state index is 4.63. The van der Waals surface area contributed by atoms with Gasteiger partial charge >= 0.3 is 0 Å². The van der Waals surface area contributed by atoms with Crippen LogP contribution in [0, 0.1) is 0 Å². The number of hydrogen-bond donors (Lipinski definition) is 2. The highest BCUT2D eigenvalue weighted by Gasteiger charge is 2.22. The van der Waals surface area contributed by atoms with Gasteiger partial charge in [-0.3, -0.25) is 4.98 Å². The summed E-state index contributed by atoms with van der Waals surface area (Å²) in [6, 6.07) is 14.2. The predicted molar refractivity (Wildman–Crippen MR) is 93.1 cm³/mol. The van der Waals surface area contributed by atoms with Gasteiger partial charge in [0, 0.05) is 25.3 Å². The number of nitrogens with one attached hydrogen (secondary N) is 2. The lowest BCUT2D eigenvalue weighted by molar-refractivity contribution is 0.446. The second-order valence-electron chi connectivity index (χ2n) is 6.80. The molecule has 0 spiro atoms. The number of aromatic nitrogens is 1. The van der Waals surface area contributed by atoms with Crippen molar-refractivity contribution in [2.24, 2.45) is 0 Å². The molecule has 1 fully saturated rings. The molecule has 1 heterocycles. The molecule has 3 nitrogen and oxygen atoms in total. The summed E-state index contributed by atoms with van der Waals surface area (Å²) in [7, 11) is 0. The Balaban J connectivity index is 1.43. The molecule has 1 atom stereocenters. The maximum Gasteiger partial charge on any atom is 0.0605 e. The van der Waals surface area contributed by atoms with Crippen molar-refractivity contribution in [1.29, 1.82) is 0 Å². The summed E-state index contributed by atoms with van der Waals surface area (Å²) in [5.74, 6) is 0. The normalized spacial score (nSPS) is 20.3.